The van der Waals surface area contributed by atoms with Crippen LogP contribution in [-0.2, 0) is 9.53 Å². The summed E-state index contributed by atoms with van der Waals surface area (Å²) in [6.45, 7) is 3.63. The zero-order valence-electron chi connectivity index (χ0n) is 14.8. The van der Waals surface area contributed by atoms with Crippen molar-refractivity contribution in [3.05, 3.63) is 59.1 Å². The van der Waals surface area contributed by atoms with Gasteiger partial charge in [0, 0.05) is 15.1 Å². The van der Waals surface area contributed by atoms with E-state index in [1.54, 1.807) is 38.1 Å². The van der Waals surface area contributed by atoms with Crippen molar-refractivity contribution in [3.8, 4) is 5.75 Å². The highest BCUT2D eigenvalue weighted by Gasteiger charge is 2.24. The third-order valence-corrected chi connectivity index (χ3v) is 5.11. The fourth-order valence-electron chi connectivity index (χ4n) is 2.55. The summed E-state index contributed by atoms with van der Waals surface area (Å²) in [6.07, 6.45) is -0.774. The van der Waals surface area contributed by atoms with Crippen molar-refractivity contribution in [3.63, 3.8) is 0 Å². The Bertz CT molecular complexity index is 985. The fraction of sp³-hybridized carbons (Fsp3) is 0.200. The molecule has 1 amide bonds. The molecule has 0 aliphatic carbocycles. The van der Waals surface area contributed by atoms with Crippen LogP contribution in [0.25, 0.3) is 10.1 Å². The summed E-state index contributed by atoms with van der Waals surface area (Å²) in [6, 6.07) is 14.3. The standard InChI is InChI=1S/C20H18ClNO4S/c1-3-25-20(24)17-15-9-4-5-10-16(15)27-19(17)22-18(23)12(2)26-14-8-6-7-13(21)11-14/h4-12H,3H2,1-2H3,(H,22,23). The zero-order chi connectivity index (χ0) is 19.4. The highest BCUT2D eigenvalue weighted by atomic mass is 35.5. The molecule has 2 aromatic carbocycles. The number of rotatable bonds is 6. The molecular weight excluding hydrogens is 386 g/mol. The topological polar surface area (TPSA) is 64.6 Å². The first-order chi connectivity index (χ1) is 13.0. The molecule has 0 bridgehead atoms. The van der Waals surface area contributed by atoms with E-state index in [9.17, 15) is 9.59 Å². The number of carbonyl (C=O) groups excluding carboxylic acids is 2. The molecule has 0 radical (unpaired) electrons. The Morgan fingerprint density at radius 2 is 1.96 bits per heavy atom. The molecule has 27 heavy (non-hydrogen) atoms. The second kappa shape index (κ2) is 8.41. The van der Waals surface area contributed by atoms with Gasteiger partial charge >= 0.3 is 5.97 Å². The number of thiophene rings is 1. The van der Waals surface area contributed by atoms with Crippen molar-refractivity contribution in [2.24, 2.45) is 0 Å². The van der Waals surface area contributed by atoms with Crippen LogP contribution in [0, 0.1) is 0 Å². The summed E-state index contributed by atoms with van der Waals surface area (Å²) < 4.78 is 11.7. The van der Waals surface area contributed by atoms with Crippen molar-refractivity contribution in [2.75, 3.05) is 11.9 Å². The molecular formula is C20H18ClNO4S. The molecule has 0 fully saturated rings. The number of nitrogens with one attached hydrogen (secondary N) is 1. The first-order valence-electron chi connectivity index (χ1n) is 8.41. The monoisotopic (exact) mass is 403 g/mol. The molecule has 1 aromatic heterocycles. The average Bonchev–Trinajstić information content (AvgIpc) is 2.99. The molecule has 0 aliphatic heterocycles. The molecule has 140 valence electrons. The van der Waals surface area contributed by atoms with E-state index in [4.69, 9.17) is 21.1 Å². The number of anilines is 1. The highest BCUT2D eigenvalue weighted by Crippen LogP contribution is 2.36. The van der Waals surface area contributed by atoms with Gasteiger partial charge < -0.3 is 14.8 Å². The molecule has 7 heteroatoms. The first kappa shape index (κ1) is 19.2. The zero-order valence-corrected chi connectivity index (χ0v) is 16.4. The molecule has 3 rings (SSSR count). The maximum atomic E-state index is 12.6. The molecule has 0 aliphatic rings. The number of halogens is 1. The van der Waals surface area contributed by atoms with Crippen molar-refractivity contribution in [2.45, 2.75) is 20.0 Å². The molecule has 1 atom stereocenters. The summed E-state index contributed by atoms with van der Waals surface area (Å²) in [5.74, 6) is -0.340. The molecule has 5 nitrogen and oxygen atoms in total. The molecule has 3 aromatic rings. The molecule has 1 N–H and O–H groups in total. The van der Waals surface area contributed by atoms with Crippen LogP contribution < -0.4 is 10.1 Å². The van der Waals surface area contributed by atoms with E-state index in [0.717, 1.165) is 10.1 Å². The Morgan fingerprint density at radius 3 is 2.70 bits per heavy atom. The van der Waals surface area contributed by atoms with Crippen LogP contribution in [0.5, 0.6) is 5.75 Å². The van der Waals surface area contributed by atoms with E-state index in [-0.39, 0.29) is 12.5 Å². The Kier molecular flexibility index (Phi) is 5.98. The fourth-order valence-corrected chi connectivity index (χ4v) is 3.82. The number of esters is 1. The van der Waals surface area contributed by atoms with E-state index < -0.39 is 12.1 Å². The normalized spacial score (nSPS) is 11.8. The van der Waals surface area contributed by atoms with Crippen LogP contribution in [0.15, 0.2) is 48.5 Å². The van der Waals surface area contributed by atoms with Crippen molar-refractivity contribution in [1.29, 1.82) is 0 Å². The number of ether oxygens (including phenoxy) is 2. The van der Waals surface area contributed by atoms with Gasteiger partial charge in [0.25, 0.3) is 5.91 Å². The van der Waals surface area contributed by atoms with E-state index in [0.29, 0.717) is 21.3 Å². The Balaban J connectivity index is 1.83. The smallest absolute Gasteiger partial charge is 0.341 e. The predicted molar refractivity (Wildman–Crippen MR) is 108 cm³/mol. The van der Waals surface area contributed by atoms with Crippen molar-refractivity contribution < 1.29 is 19.1 Å². The van der Waals surface area contributed by atoms with Gasteiger partial charge in [-0.1, -0.05) is 35.9 Å². The van der Waals surface area contributed by atoms with Gasteiger partial charge in [0.05, 0.1) is 6.61 Å². The third-order valence-electron chi connectivity index (χ3n) is 3.79. The van der Waals surface area contributed by atoms with Crippen LogP contribution in [0.2, 0.25) is 5.02 Å². The van der Waals surface area contributed by atoms with Gasteiger partial charge in [0.2, 0.25) is 0 Å². The Morgan fingerprint density at radius 1 is 1.19 bits per heavy atom. The number of amides is 1. The summed E-state index contributed by atoms with van der Waals surface area (Å²) in [7, 11) is 0. The first-order valence-corrected chi connectivity index (χ1v) is 9.60. The van der Waals surface area contributed by atoms with Crippen molar-refractivity contribution in [1.82, 2.24) is 0 Å². The maximum Gasteiger partial charge on any atom is 0.341 e. The quantitative estimate of drug-likeness (QED) is 0.579. The van der Waals surface area contributed by atoms with Crippen LogP contribution in [0.1, 0.15) is 24.2 Å². The predicted octanol–water partition coefficient (Wildman–Crippen LogP) is 5.14. The van der Waals surface area contributed by atoms with Gasteiger partial charge in [-0.05, 0) is 38.1 Å². The van der Waals surface area contributed by atoms with Gasteiger partial charge in [0.1, 0.15) is 16.3 Å². The lowest BCUT2D eigenvalue weighted by Crippen LogP contribution is -2.30. The van der Waals surface area contributed by atoms with Crippen LogP contribution >= 0.6 is 22.9 Å². The second-order valence-electron chi connectivity index (χ2n) is 5.73. The van der Waals surface area contributed by atoms with Crippen LogP contribution in [0.4, 0.5) is 5.00 Å². The van der Waals surface area contributed by atoms with Crippen LogP contribution in [0.3, 0.4) is 0 Å². The number of benzene rings is 2. The van der Waals surface area contributed by atoms with E-state index >= 15 is 0 Å². The van der Waals surface area contributed by atoms with Gasteiger partial charge in [-0.3, -0.25) is 4.79 Å². The number of fused-ring (bicyclic) bond motifs is 1. The largest absolute Gasteiger partial charge is 0.481 e. The van der Waals surface area contributed by atoms with E-state index in [1.807, 2.05) is 24.3 Å². The van der Waals surface area contributed by atoms with E-state index in [1.165, 1.54) is 11.3 Å². The van der Waals surface area contributed by atoms with Gasteiger partial charge in [-0.2, -0.15) is 0 Å². The summed E-state index contributed by atoms with van der Waals surface area (Å²) in [5, 5.41) is 4.51. The summed E-state index contributed by atoms with van der Waals surface area (Å²) in [4.78, 5) is 25.0. The SMILES string of the molecule is CCOC(=O)c1c(NC(=O)C(C)Oc2cccc(Cl)c2)sc2ccccc12. The minimum atomic E-state index is -0.774. The lowest BCUT2D eigenvalue weighted by Gasteiger charge is -2.15. The minimum absolute atomic E-state index is 0.255. The van der Waals surface area contributed by atoms with Crippen molar-refractivity contribution >= 4 is 49.9 Å². The lowest BCUT2D eigenvalue weighted by atomic mass is 10.1. The number of hydrogen-bond acceptors (Lipinski definition) is 5. The molecule has 0 spiro atoms. The Labute approximate surface area is 165 Å². The molecule has 1 unspecified atom stereocenters. The average molecular weight is 404 g/mol. The number of carbonyl (C=O) groups is 2. The second-order valence-corrected chi connectivity index (χ2v) is 7.22. The van der Waals surface area contributed by atoms with E-state index in [2.05, 4.69) is 5.32 Å². The minimum Gasteiger partial charge on any atom is -0.481 e. The van der Waals surface area contributed by atoms with Gasteiger partial charge in [0.15, 0.2) is 6.10 Å². The third kappa shape index (κ3) is 4.40. The highest BCUT2D eigenvalue weighted by molar-refractivity contribution is 7.23. The van der Waals surface area contributed by atoms with Gasteiger partial charge in [-0.25, -0.2) is 4.79 Å². The van der Waals surface area contributed by atoms with Gasteiger partial charge in [-0.15, -0.1) is 11.3 Å². The molecule has 1 heterocycles. The lowest BCUT2D eigenvalue weighted by molar-refractivity contribution is -0.122. The Hall–Kier alpha value is -2.57. The van der Waals surface area contributed by atoms with Crippen LogP contribution in [-0.4, -0.2) is 24.6 Å². The molecule has 0 saturated heterocycles. The molecule has 0 saturated carbocycles. The maximum absolute atomic E-state index is 12.6. The summed E-state index contributed by atoms with van der Waals surface area (Å²) in [5.41, 5.74) is 0.362. The summed E-state index contributed by atoms with van der Waals surface area (Å²) >= 11 is 7.26. The number of hydrogen-bond donors (Lipinski definition) is 1.